The van der Waals surface area contributed by atoms with Gasteiger partial charge in [-0.15, -0.1) is 0 Å². The molecule has 1 aliphatic rings. The molecule has 144 valence electrons. The van der Waals surface area contributed by atoms with E-state index >= 15 is 0 Å². The highest BCUT2D eigenvalue weighted by atomic mass is 127. The maximum atomic E-state index is 6.39. The Bertz CT molecular complexity index is 945. The van der Waals surface area contributed by atoms with Crippen molar-refractivity contribution in [2.24, 2.45) is 0 Å². The van der Waals surface area contributed by atoms with Crippen LogP contribution in [0.2, 0.25) is 5.02 Å². The van der Waals surface area contributed by atoms with E-state index in [0.717, 1.165) is 33.5 Å². The summed E-state index contributed by atoms with van der Waals surface area (Å²) in [4.78, 5) is 13.8. The molecule has 0 saturated heterocycles. The first-order valence-electron chi connectivity index (χ1n) is 9.46. The summed E-state index contributed by atoms with van der Waals surface area (Å²) in [6.45, 7) is 0. The van der Waals surface area contributed by atoms with Crippen molar-refractivity contribution in [2.45, 2.75) is 38.1 Å². The molecule has 7 heteroatoms. The molecule has 1 fully saturated rings. The van der Waals surface area contributed by atoms with Crippen LogP contribution in [0.5, 0.6) is 0 Å². The molecule has 1 saturated carbocycles. The van der Waals surface area contributed by atoms with Crippen LogP contribution in [0.4, 0.5) is 17.5 Å². The van der Waals surface area contributed by atoms with E-state index in [0.29, 0.717) is 22.8 Å². The van der Waals surface area contributed by atoms with Gasteiger partial charge >= 0.3 is 0 Å². The van der Waals surface area contributed by atoms with Crippen LogP contribution >= 0.6 is 34.2 Å². The molecular formula is C21H21ClIN5. The molecule has 0 radical (unpaired) electrons. The van der Waals surface area contributed by atoms with Crippen molar-refractivity contribution in [3.05, 3.63) is 57.3 Å². The number of aromatic nitrogens is 3. The van der Waals surface area contributed by atoms with Gasteiger partial charge in [-0.05, 0) is 65.8 Å². The Morgan fingerprint density at radius 2 is 1.82 bits per heavy atom. The molecule has 2 aromatic heterocycles. The highest BCUT2D eigenvalue weighted by Crippen LogP contribution is 2.29. The van der Waals surface area contributed by atoms with Crippen molar-refractivity contribution in [1.29, 1.82) is 0 Å². The fourth-order valence-electron chi connectivity index (χ4n) is 3.38. The third-order valence-corrected chi connectivity index (χ3v) is 5.77. The Balaban J connectivity index is 1.66. The first-order valence-corrected chi connectivity index (χ1v) is 10.9. The first kappa shape index (κ1) is 19.4. The number of hydrogen-bond acceptors (Lipinski definition) is 5. The number of nitrogens with zero attached hydrogens (tertiary/aromatic N) is 3. The Hall–Kier alpha value is -1.93. The summed E-state index contributed by atoms with van der Waals surface area (Å²) in [5.41, 5.74) is 2.41. The van der Waals surface area contributed by atoms with Crippen molar-refractivity contribution in [2.75, 3.05) is 10.6 Å². The summed E-state index contributed by atoms with van der Waals surface area (Å²) in [5, 5.41) is 7.51. The van der Waals surface area contributed by atoms with E-state index in [1.165, 1.54) is 19.3 Å². The molecular weight excluding hydrogens is 485 g/mol. The zero-order valence-electron chi connectivity index (χ0n) is 15.3. The van der Waals surface area contributed by atoms with Gasteiger partial charge in [0.1, 0.15) is 5.82 Å². The topological polar surface area (TPSA) is 62.7 Å². The van der Waals surface area contributed by atoms with E-state index in [9.17, 15) is 0 Å². The lowest BCUT2D eigenvalue weighted by Crippen LogP contribution is -2.23. The third-order valence-electron chi connectivity index (χ3n) is 4.79. The fraction of sp³-hybridized carbons (Fsp3) is 0.286. The minimum Gasteiger partial charge on any atom is -0.351 e. The number of pyridine rings is 1. The molecule has 4 rings (SSSR count). The molecule has 0 atom stereocenters. The summed E-state index contributed by atoms with van der Waals surface area (Å²) >= 11 is 8.64. The first-order chi connectivity index (χ1) is 13.7. The summed E-state index contributed by atoms with van der Waals surface area (Å²) in [5.74, 6) is 1.32. The van der Waals surface area contributed by atoms with Gasteiger partial charge in [0.05, 0.1) is 22.1 Å². The van der Waals surface area contributed by atoms with Crippen LogP contribution in [0.25, 0.3) is 11.4 Å². The lowest BCUT2D eigenvalue weighted by Gasteiger charge is -2.23. The van der Waals surface area contributed by atoms with E-state index in [1.54, 1.807) is 6.20 Å². The molecule has 2 heterocycles. The van der Waals surface area contributed by atoms with Crippen LogP contribution in [0.15, 0.2) is 48.7 Å². The molecule has 0 unspecified atom stereocenters. The molecule has 1 aliphatic carbocycles. The van der Waals surface area contributed by atoms with Gasteiger partial charge in [-0.1, -0.05) is 36.9 Å². The van der Waals surface area contributed by atoms with Crippen LogP contribution in [-0.2, 0) is 0 Å². The predicted molar refractivity (Wildman–Crippen MR) is 123 cm³/mol. The van der Waals surface area contributed by atoms with Crippen LogP contribution in [0, 0.1) is 3.57 Å². The molecule has 3 aromatic rings. The maximum Gasteiger partial charge on any atom is 0.225 e. The molecule has 0 bridgehead atoms. The Kier molecular flexibility index (Phi) is 6.26. The summed E-state index contributed by atoms with van der Waals surface area (Å²) < 4.78 is 1.09. The molecule has 5 nitrogen and oxygen atoms in total. The second-order valence-corrected chi connectivity index (χ2v) is 8.56. The third kappa shape index (κ3) is 4.91. The van der Waals surface area contributed by atoms with Crippen molar-refractivity contribution in [3.8, 4) is 11.4 Å². The van der Waals surface area contributed by atoms with Gasteiger partial charge in [0.15, 0.2) is 0 Å². The summed E-state index contributed by atoms with van der Waals surface area (Å²) in [7, 11) is 0. The largest absolute Gasteiger partial charge is 0.351 e. The Labute approximate surface area is 183 Å². The van der Waals surface area contributed by atoms with Crippen LogP contribution in [0.1, 0.15) is 32.1 Å². The van der Waals surface area contributed by atoms with Crippen LogP contribution in [0.3, 0.4) is 0 Å². The molecule has 1 aromatic carbocycles. The molecule has 0 aliphatic heterocycles. The number of rotatable bonds is 5. The van der Waals surface area contributed by atoms with Crippen LogP contribution < -0.4 is 10.6 Å². The summed E-state index contributed by atoms with van der Waals surface area (Å²) in [6, 6.07) is 14.0. The van der Waals surface area contributed by atoms with Gasteiger partial charge < -0.3 is 10.6 Å². The molecule has 28 heavy (non-hydrogen) atoms. The zero-order valence-corrected chi connectivity index (χ0v) is 18.2. The highest BCUT2D eigenvalue weighted by Gasteiger charge is 2.16. The average Bonchev–Trinajstić information content (AvgIpc) is 2.71. The van der Waals surface area contributed by atoms with Crippen molar-refractivity contribution >= 4 is 51.6 Å². The van der Waals surface area contributed by atoms with Gasteiger partial charge in [0.25, 0.3) is 0 Å². The van der Waals surface area contributed by atoms with E-state index in [-0.39, 0.29) is 0 Å². The normalized spacial score (nSPS) is 14.6. The van der Waals surface area contributed by atoms with Gasteiger partial charge in [0.2, 0.25) is 5.95 Å². The average molecular weight is 506 g/mol. The van der Waals surface area contributed by atoms with E-state index in [2.05, 4.69) is 38.2 Å². The van der Waals surface area contributed by atoms with Gasteiger partial charge in [-0.25, -0.2) is 4.98 Å². The smallest absolute Gasteiger partial charge is 0.225 e. The predicted octanol–water partition coefficient (Wildman–Crippen LogP) is 6.28. The number of halogens is 2. The monoisotopic (exact) mass is 505 g/mol. The number of hydrogen-bond donors (Lipinski definition) is 2. The Morgan fingerprint density at radius 3 is 2.57 bits per heavy atom. The quantitative estimate of drug-likeness (QED) is 0.399. The SMILES string of the molecule is Clc1cc(I)ccc1Nc1cc(-c2ccccn2)nc(NC2CCCCC2)n1. The standard InChI is InChI=1S/C21H21ClIN5/c22-16-12-14(23)9-10-17(16)26-20-13-19(18-8-4-5-11-24-18)27-21(28-20)25-15-6-2-1-3-7-15/h4-5,8-13,15H,1-3,6-7H2,(H2,25,26,27,28). The minimum absolute atomic E-state index is 0.419. The molecule has 2 N–H and O–H groups in total. The molecule has 0 spiro atoms. The van der Waals surface area contributed by atoms with Crippen LogP contribution in [-0.4, -0.2) is 21.0 Å². The molecule has 0 amide bonds. The number of nitrogens with one attached hydrogen (secondary N) is 2. The lowest BCUT2D eigenvalue weighted by molar-refractivity contribution is 0.461. The second-order valence-electron chi connectivity index (χ2n) is 6.91. The second kappa shape index (κ2) is 9.05. The Morgan fingerprint density at radius 1 is 0.964 bits per heavy atom. The van der Waals surface area contributed by atoms with Crippen molar-refractivity contribution in [1.82, 2.24) is 15.0 Å². The van der Waals surface area contributed by atoms with Gasteiger partial charge in [-0.2, -0.15) is 4.98 Å². The van der Waals surface area contributed by atoms with Crippen molar-refractivity contribution < 1.29 is 0 Å². The zero-order chi connectivity index (χ0) is 19.3. The van der Waals surface area contributed by atoms with Crippen molar-refractivity contribution in [3.63, 3.8) is 0 Å². The van der Waals surface area contributed by atoms with E-state index in [1.807, 2.05) is 42.5 Å². The van der Waals surface area contributed by atoms with Gasteiger partial charge in [-0.3, -0.25) is 4.98 Å². The lowest BCUT2D eigenvalue weighted by atomic mass is 9.96. The maximum absolute atomic E-state index is 6.39. The van der Waals surface area contributed by atoms with E-state index < -0.39 is 0 Å². The van der Waals surface area contributed by atoms with Gasteiger partial charge in [0, 0.05) is 21.9 Å². The number of anilines is 3. The number of benzene rings is 1. The van der Waals surface area contributed by atoms with E-state index in [4.69, 9.17) is 21.6 Å². The fourth-order valence-corrected chi connectivity index (χ4v) is 4.28. The summed E-state index contributed by atoms with van der Waals surface area (Å²) in [6.07, 6.45) is 7.90. The minimum atomic E-state index is 0.419. The highest BCUT2D eigenvalue weighted by molar-refractivity contribution is 14.1.